The minimum Gasteiger partial charge on any atom is -0.298 e. The molecule has 0 saturated carbocycles. The van der Waals surface area contributed by atoms with E-state index < -0.39 is 0 Å². The maximum atomic E-state index is 11.2. The van der Waals surface area contributed by atoms with Crippen molar-refractivity contribution in [2.24, 2.45) is 0 Å². The van der Waals surface area contributed by atoms with Gasteiger partial charge in [0.25, 0.3) is 0 Å². The molecule has 0 aromatic heterocycles. The highest BCUT2D eigenvalue weighted by atomic mass is 79.9. The molecule has 0 bridgehead atoms. The molecule has 1 aromatic carbocycles. The van der Waals surface area contributed by atoms with Gasteiger partial charge in [0, 0.05) is 16.8 Å². The quantitative estimate of drug-likeness (QED) is 0.764. The molecule has 0 amide bonds. The van der Waals surface area contributed by atoms with E-state index >= 15 is 0 Å². The van der Waals surface area contributed by atoms with Gasteiger partial charge in [0.05, 0.1) is 5.33 Å². The fourth-order valence-corrected chi connectivity index (χ4v) is 2.26. The normalized spacial score (nSPS) is 10.2. The highest BCUT2D eigenvalue weighted by Crippen LogP contribution is 2.23. The molecule has 76 valence electrons. The van der Waals surface area contributed by atoms with Gasteiger partial charge in [-0.25, -0.2) is 0 Å². The van der Waals surface area contributed by atoms with Gasteiger partial charge < -0.3 is 0 Å². The molecule has 0 spiro atoms. The molecule has 0 aliphatic heterocycles. The Morgan fingerprint density at radius 2 is 2.00 bits per heavy atom. The summed E-state index contributed by atoms with van der Waals surface area (Å²) in [6.45, 7) is 0. The first kappa shape index (κ1) is 12.2. The average Bonchev–Trinajstić information content (AvgIpc) is 2.21. The maximum absolute atomic E-state index is 11.2. The first-order valence-corrected chi connectivity index (χ1v) is 6.53. The number of alkyl halides is 2. The Labute approximate surface area is 105 Å². The van der Waals surface area contributed by atoms with E-state index in [1.54, 1.807) is 0 Å². The van der Waals surface area contributed by atoms with Crippen LogP contribution in [0.2, 0.25) is 0 Å². The first-order valence-electron chi connectivity index (χ1n) is 4.09. The van der Waals surface area contributed by atoms with Crippen molar-refractivity contribution in [3.05, 3.63) is 33.8 Å². The topological polar surface area (TPSA) is 17.1 Å². The van der Waals surface area contributed by atoms with Gasteiger partial charge in [-0.3, -0.25) is 4.79 Å². The standard InChI is InChI=1S/C10H9Br2ClO/c11-5-9(14)4-7-2-1-3-8(6-13)10(7)12/h1-3H,4-6H2. The van der Waals surface area contributed by atoms with Gasteiger partial charge in [-0.15, -0.1) is 11.6 Å². The molecule has 14 heavy (non-hydrogen) atoms. The summed E-state index contributed by atoms with van der Waals surface area (Å²) in [7, 11) is 0. The van der Waals surface area contributed by atoms with Crippen LogP contribution in [0.4, 0.5) is 0 Å². The highest BCUT2D eigenvalue weighted by Gasteiger charge is 2.08. The molecular weight excluding hydrogens is 331 g/mol. The molecule has 0 saturated heterocycles. The number of hydrogen-bond acceptors (Lipinski definition) is 1. The maximum Gasteiger partial charge on any atom is 0.147 e. The van der Waals surface area contributed by atoms with Crippen LogP contribution >= 0.6 is 43.5 Å². The van der Waals surface area contributed by atoms with Crippen LogP contribution in [0.25, 0.3) is 0 Å². The molecule has 1 aromatic rings. The van der Waals surface area contributed by atoms with Crippen molar-refractivity contribution in [2.75, 3.05) is 5.33 Å². The van der Waals surface area contributed by atoms with Gasteiger partial charge in [-0.05, 0) is 11.1 Å². The smallest absolute Gasteiger partial charge is 0.147 e. The molecule has 4 heteroatoms. The lowest BCUT2D eigenvalue weighted by Gasteiger charge is -2.06. The van der Waals surface area contributed by atoms with Crippen LogP contribution < -0.4 is 0 Å². The Hall–Kier alpha value is 0.140. The fourth-order valence-electron chi connectivity index (χ4n) is 1.13. The highest BCUT2D eigenvalue weighted by molar-refractivity contribution is 9.10. The van der Waals surface area contributed by atoms with Crippen molar-refractivity contribution < 1.29 is 4.79 Å². The van der Waals surface area contributed by atoms with Crippen molar-refractivity contribution in [1.29, 1.82) is 0 Å². The van der Waals surface area contributed by atoms with Crippen LogP contribution in [0, 0.1) is 0 Å². The minimum atomic E-state index is 0.164. The number of halogens is 3. The summed E-state index contributed by atoms with van der Waals surface area (Å²) in [6, 6.07) is 5.79. The summed E-state index contributed by atoms with van der Waals surface area (Å²) in [5.41, 5.74) is 2.01. The lowest BCUT2D eigenvalue weighted by Crippen LogP contribution is -2.04. The summed E-state index contributed by atoms with van der Waals surface area (Å²) in [4.78, 5) is 11.2. The predicted octanol–water partition coefficient (Wildman–Crippen LogP) is 3.69. The minimum absolute atomic E-state index is 0.164. The fraction of sp³-hybridized carbons (Fsp3) is 0.300. The molecule has 0 aliphatic rings. The molecule has 0 radical (unpaired) electrons. The SMILES string of the molecule is O=C(CBr)Cc1cccc(CCl)c1Br. The molecule has 0 heterocycles. The van der Waals surface area contributed by atoms with Crippen molar-refractivity contribution in [1.82, 2.24) is 0 Å². The van der Waals surface area contributed by atoms with Gasteiger partial charge in [0.2, 0.25) is 0 Å². The second-order valence-electron chi connectivity index (χ2n) is 2.87. The van der Waals surface area contributed by atoms with Gasteiger partial charge in [0.15, 0.2) is 0 Å². The van der Waals surface area contributed by atoms with E-state index in [4.69, 9.17) is 11.6 Å². The van der Waals surface area contributed by atoms with E-state index in [2.05, 4.69) is 31.9 Å². The second-order valence-corrected chi connectivity index (χ2v) is 4.49. The van der Waals surface area contributed by atoms with Crippen LogP contribution in [-0.2, 0) is 17.1 Å². The molecule has 1 rings (SSSR count). The van der Waals surface area contributed by atoms with Gasteiger partial charge >= 0.3 is 0 Å². The van der Waals surface area contributed by atoms with Gasteiger partial charge in [0.1, 0.15) is 5.78 Å². The molecule has 0 N–H and O–H groups in total. The van der Waals surface area contributed by atoms with Crippen molar-refractivity contribution in [3.63, 3.8) is 0 Å². The Morgan fingerprint density at radius 3 is 2.57 bits per heavy atom. The molecule has 0 atom stereocenters. The molecule has 1 nitrogen and oxygen atoms in total. The third-order valence-electron chi connectivity index (χ3n) is 1.84. The molecule has 0 fully saturated rings. The number of benzene rings is 1. The van der Waals surface area contributed by atoms with Gasteiger partial charge in [-0.2, -0.15) is 0 Å². The lowest BCUT2D eigenvalue weighted by molar-refractivity contribution is -0.115. The number of ketones is 1. The van der Waals surface area contributed by atoms with Crippen molar-refractivity contribution >= 4 is 49.2 Å². The van der Waals surface area contributed by atoms with Crippen molar-refractivity contribution in [2.45, 2.75) is 12.3 Å². The number of carbonyl (C=O) groups excluding carboxylic acids is 1. The Kier molecular flexibility index (Phi) is 5.13. The monoisotopic (exact) mass is 338 g/mol. The average molecular weight is 340 g/mol. The van der Waals surface area contributed by atoms with E-state index in [0.717, 1.165) is 15.6 Å². The Bertz CT molecular complexity index is 339. The van der Waals surface area contributed by atoms with E-state index in [9.17, 15) is 4.79 Å². The third-order valence-corrected chi connectivity index (χ3v) is 3.77. The summed E-state index contributed by atoms with van der Waals surface area (Å²) in [5, 5.41) is 0.393. The Morgan fingerprint density at radius 1 is 1.36 bits per heavy atom. The molecular formula is C10H9Br2ClO. The number of hydrogen-bond donors (Lipinski definition) is 0. The van der Waals surface area contributed by atoms with Crippen LogP contribution in [-0.4, -0.2) is 11.1 Å². The summed E-state index contributed by atoms with van der Waals surface area (Å²) in [5.74, 6) is 0.620. The Balaban J connectivity index is 2.92. The van der Waals surface area contributed by atoms with Crippen LogP contribution in [0.1, 0.15) is 11.1 Å². The third kappa shape index (κ3) is 3.07. The zero-order valence-electron chi connectivity index (χ0n) is 7.40. The summed E-state index contributed by atoms with van der Waals surface area (Å²) < 4.78 is 0.948. The van der Waals surface area contributed by atoms with Crippen LogP contribution in [0.5, 0.6) is 0 Å². The number of carbonyl (C=O) groups is 1. The summed E-state index contributed by atoms with van der Waals surface area (Å²) in [6.07, 6.45) is 0.441. The van der Waals surface area contributed by atoms with Crippen LogP contribution in [0.3, 0.4) is 0 Å². The largest absolute Gasteiger partial charge is 0.298 e. The van der Waals surface area contributed by atoms with Gasteiger partial charge in [-0.1, -0.05) is 50.1 Å². The van der Waals surface area contributed by atoms with E-state index in [1.807, 2.05) is 18.2 Å². The van der Waals surface area contributed by atoms with E-state index in [1.165, 1.54) is 0 Å². The molecule has 0 aliphatic carbocycles. The summed E-state index contributed by atoms with van der Waals surface area (Å²) >= 11 is 12.3. The first-order chi connectivity index (χ1) is 6.69. The zero-order valence-corrected chi connectivity index (χ0v) is 11.3. The zero-order chi connectivity index (χ0) is 10.6. The molecule has 0 unspecified atom stereocenters. The van der Waals surface area contributed by atoms with Crippen LogP contribution in [0.15, 0.2) is 22.7 Å². The predicted molar refractivity (Wildman–Crippen MR) is 66.2 cm³/mol. The van der Waals surface area contributed by atoms with Crippen molar-refractivity contribution in [3.8, 4) is 0 Å². The second kappa shape index (κ2) is 5.89. The van der Waals surface area contributed by atoms with E-state index in [0.29, 0.717) is 17.6 Å². The number of rotatable bonds is 4. The lowest BCUT2D eigenvalue weighted by atomic mass is 10.1. The number of Topliss-reactive ketones (excluding diaryl/α,β-unsaturated/α-hetero) is 1. The van der Waals surface area contributed by atoms with E-state index in [-0.39, 0.29) is 5.78 Å².